The van der Waals surface area contributed by atoms with Crippen LogP contribution in [0.15, 0.2) is 24.5 Å². The summed E-state index contributed by atoms with van der Waals surface area (Å²) in [5, 5.41) is 6.58. The molecule has 108 valence electrons. The predicted octanol–water partition coefficient (Wildman–Crippen LogP) is 0.999. The average Bonchev–Trinajstić information content (AvgIpc) is 2.96. The van der Waals surface area contributed by atoms with Crippen LogP contribution in [0.1, 0.15) is 16.1 Å². The fourth-order valence-electron chi connectivity index (χ4n) is 1.82. The molecule has 0 fully saturated rings. The largest absolute Gasteiger partial charge is 0.384 e. The monoisotopic (exact) mass is 283 g/mol. The number of amides is 1. The molecule has 0 radical (unpaired) electrons. The lowest BCUT2D eigenvalue weighted by Crippen LogP contribution is -2.26. The van der Waals surface area contributed by atoms with E-state index < -0.39 is 18.9 Å². The molecular weight excluding hydrogens is 268 g/mol. The van der Waals surface area contributed by atoms with Gasteiger partial charge in [-0.3, -0.25) is 9.48 Å². The maximum Gasteiger partial charge on any atom is 0.268 e. The molecule has 0 aliphatic rings. The molecule has 2 rings (SSSR count). The molecule has 3 N–H and O–H groups in total. The SMILES string of the molecule is Cn1ncc(CNC(=O)c2cccn2CC(F)F)c1N. The fraction of sp³-hybridized carbons (Fsp3) is 0.333. The van der Waals surface area contributed by atoms with Crippen molar-refractivity contribution in [2.45, 2.75) is 19.5 Å². The second kappa shape index (κ2) is 5.72. The molecule has 0 atom stereocenters. The van der Waals surface area contributed by atoms with E-state index in [2.05, 4.69) is 10.4 Å². The van der Waals surface area contributed by atoms with Crippen LogP contribution in [0, 0.1) is 0 Å². The third kappa shape index (κ3) is 2.95. The maximum atomic E-state index is 12.4. The van der Waals surface area contributed by atoms with Crippen molar-refractivity contribution in [3.8, 4) is 0 Å². The molecule has 0 bridgehead atoms. The highest BCUT2D eigenvalue weighted by Gasteiger charge is 2.14. The lowest BCUT2D eigenvalue weighted by Gasteiger charge is -2.09. The number of aryl methyl sites for hydroxylation is 1. The van der Waals surface area contributed by atoms with Crippen molar-refractivity contribution in [2.75, 3.05) is 5.73 Å². The second-order valence-corrected chi connectivity index (χ2v) is 4.30. The van der Waals surface area contributed by atoms with Gasteiger partial charge in [-0.25, -0.2) is 8.78 Å². The zero-order valence-electron chi connectivity index (χ0n) is 10.9. The van der Waals surface area contributed by atoms with Gasteiger partial charge in [-0.2, -0.15) is 5.10 Å². The molecule has 2 aromatic rings. The number of hydrogen-bond acceptors (Lipinski definition) is 3. The van der Waals surface area contributed by atoms with E-state index in [4.69, 9.17) is 5.73 Å². The van der Waals surface area contributed by atoms with Crippen LogP contribution in [0.3, 0.4) is 0 Å². The van der Waals surface area contributed by atoms with Crippen LogP contribution >= 0.6 is 0 Å². The highest BCUT2D eigenvalue weighted by molar-refractivity contribution is 5.92. The van der Waals surface area contributed by atoms with E-state index in [1.807, 2.05) is 0 Å². The van der Waals surface area contributed by atoms with Crippen LogP contribution in [-0.4, -0.2) is 26.7 Å². The van der Waals surface area contributed by atoms with Crippen LogP contribution in [0.5, 0.6) is 0 Å². The molecule has 0 unspecified atom stereocenters. The van der Waals surface area contributed by atoms with Crippen LogP contribution in [0.25, 0.3) is 0 Å². The molecule has 0 aromatic carbocycles. The number of nitrogen functional groups attached to an aromatic ring is 1. The van der Waals surface area contributed by atoms with E-state index in [0.717, 1.165) is 0 Å². The van der Waals surface area contributed by atoms with Gasteiger partial charge in [0.25, 0.3) is 12.3 Å². The first-order chi connectivity index (χ1) is 9.49. The van der Waals surface area contributed by atoms with Crippen molar-refractivity contribution in [1.82, 2.24) is 19.7 Å². The molecular formula is C12H15F2N5O. The molecule has 2 heterocycles. The molecule has 0 aliphatic carbocycles. The first-order valence-corrected chi connectivity index (χ1v) is 5.97. The summed E-state index contributed by atoms with van der Waals surface area (Å²) >= 11 is 0. The van der Waals surface area contributed by atoms with Gasteiger partial charge in [-0.05, 0) is 12.1 Å². The van der Waals surface area contributed by atoms with Gasteiger partial charge in [0.1, 0.15) is 11.5 Å². The Kier molecular flexibility index (Phi) is 4.02. The van der Waals surface area contributed by atoms with Crippen LogP contribution < -0.4 is 11.1 Å². The Bertz CT molecular complexity index is 605. The molecule has 0 aliphatic heterocycles. The number of halogens is 2. The van der Waals surface area contributed by atoms with Gasteiger partial charge in [0.05, 0.1) is 12.7 Å². The minimum atomic E-state index is -2.51. The molecule has 2 aromatic heterocycles. The third-order valence-corrected chi connectivity index (χ3v) is 2.90. The smallest absolute Gasteiger partial charge is 0.268 e. The Hall–Kier alpha value is -2.38. The Morgan fingerprint density at radius 3 is 2.90 bits per heavy atom. The van der Waals surface area contributed by atoms with E-state index in [9.17, 15) is 13.6 Å². The molecule has 0 spiro atoms. The molecule has 1 amide bonds. The Labute approximate surface area is 114 Å². The summed E-state index contributed by atoms with van der Waals surface area (Å²) in [5.74, 6) is 0.0205. The van der Waals surface area contributed by atoms with Gasteiger partial charge >= 0.3 is 0 Å². The number of alkyl halides is 2. The molecule has 8 heteroatoms. The quantitative estimate of drug-likeness (QED) is 0.859. The van der Waals surface area contributed by atoms with E-state index in [1.165, 1.54) is 21.5 Å². The Balaban J connectivity index is 2.02. The van der Waals surface area contributed by atoms with E-state index in [1.54, 1.807) is 19.3 Å². The highest BCUT2D eigenvalue weighted by atomic mass is 19.3. The number of carbonyl (C=O) groups is 1. The average molecular weight is 283 g/mol. The van der Waals surface area contributed by atoms with Gasteiger partial charge in [0, 0.05) is 25.4 Å². The van der Waals surface area contributed by atoms with Gasteiger partial charge in [0.2, 0.25) is 0 Å². The predicted molar refractivity (Wildman–Crippen MR) is 69.2 cm³/mol. The minimum absolute atomic E-state index is 0.188. The van der Waals surface area contributed by atoms with Crippen LogP contribution in [0.4, 0.5) is 14.6 Å². The topological polar surface area (TPSA) is 77.9 Å². The standard InChI is InChI=1S/C12H15F2N5O/c1-18-11(15)8(6-17-18)5-16-12(20)9-3-2-4-19(9)7-10(13)14/h2-4,6,10H,5,7,15H2,1H3,(H,16,20). The zero-order chi connectivity index (χ0) is 14.7. The number of carbonyl (C=O) groups excluding carboxylic acids is 1. The highest BCUT2D eigenvalue weighted by Crippen LogP contribution is 2.10. The molecule has 20 heavy (non-hydrogen) atoms. The summed E-state index contributed by atoms with van der Waals surface area (Å²) in [4.78, 5) is 12.0. The summed E-state index contributed by atoms with van der Waals surface area (Å²) in [7, 11) is 1.69. The third-order valence-electron chi connectivity index (χ3n) is 2.90. The lowest BCUT2D eigenvalue weighted by molar-refractivity contribution is 0.0928. The van der Waals surface area contributed by atoms with Gasteiger partial charge < -0.3 is 15.6 Å². The van der Waals surface area contributed by atoms with Gasteiger partial charge in [-0.15, -0.1) is 0 Å². The van der Waals surface area contributed by atoms with E-state index in [0.29, 0.717) is 11.4 Å². The summed E-state index contributed by atoms with van der Waals surface area (Å²) in [5.41, 5.74) is 6.61. The number of nitrogens with one attached hydrogen (secondary N) is 1. The van der Waals surface area contributed by atoms with Crippen molar-refractivity contribution in [1.29, 1.82) is 0 Å². The van der Waals surface area contributed by atoms with Gasteiger partial charge in [0.15, 0.2) is 0 Å². The summed E-state index contributed by atoms with van der Waals surface area (Å²) in [6, 6.07) is 3.04. The number of rotatable bonds is 5. The minimum Gasteiger partial charge on any atom is -0.384 e. The summed E-state index contributed by atoms with van der Waals surface area (Å²) < 4.78 is 27.4. The second-order valence-electron chi connectivity index (χ2n) is 4.30. The maximum absolute atomic E-state index is 12.4. The summed E-state index contributed by atoms with van der Waals surface area (Å²) in [6.45, 7) is -0.316. The van der Waals surface area contributed by atoms with Crippen molar-refractivity contribution in [3.05, 3.63) is 35.8 Å². The van der Waals surface area contributed by atoms with E-state index >= 15 is 0 Å². The number of aromatic nitrogens is 3. The Morgan fingerprint density at radius 1 is 1.55 bits per heavy atom. The zero-order valence-corrected chi connectivity index (χ0v) is 10.9. The number of nitrogens with two attached hydrogens (primary N) is 1. The first-order valence-electron chi connectivity index (χ1n) is 5.97. The number of nitrogens with zero attached hydrogens (tertiary/aromatic N) is 3. The summed E-state index contributed by atoms with van der Waals surface area (Å²) in [6.07, 6.45) is 0.482. The van der Waals surface area contributed by atoms with Gasteiger partial charge in [-0.1, -0.05) is 0 Å². The van der Waals surface area contributed by atoms with Crippen LogP contribution in [-0.2, 0) is 20.1 Å². The number of hydrogen-bond donors (Lipinski definition) is 2. The molecule has 0 saturated heterocycles. The molecule has 0 saturated carbocycles. The van der Waals surface area contributed by atoms with Crippen LogP contribution in [0.2, 0.25) is 0 Å². The van der Waals surface area contributed by atoms with E-state index in [-0.39, 0.29) is 12.2 Å². The number of anilines is 1. The molecule has 6 nitrogen and oxygen atoms in total. The fourth-order valence-corrected chi connectivity index (χ4v) is 1.82. The first kappa shape index (κ1) is 14.0. The van der Waals surface area contributed by atoms with Crippen molar-refractivity contribution in [3.63, 3.8) is 0 Å². The normalized spacial score (nSPS) is 11.0. The lowest BCUT2D eigenvalue weighted by atomic mass is 10.3. The Morgan fingerprint density at radius 2 is 2.30 bits per heavy atom. The van der Waals surface area contributed by atoms with Crippen molar-refractivity contribution < 1.29 is 13.6 Å². The van der Waals surface area contributed by atoms with Crippen molar-refractivity contribution in [2.24, 2.45) is 7.05 Å². The van der Waals surface area contributed by atoms with Crippen molar-refractivity contribution >= 4 is 11.7 Å².